The van der Waals surface area contributed by atoms with E-state index in [1.54, 1.807) is 34.8 Å². The lowest BCUT2D eigenvalue weighted by atomic mass is 10.3. The first-order valence-electron chi connectivity index (χ1n) is 8.36. The lowest BCUT2D eigenvalue weighted by Crippen LogP contribution is -2.21. The van der Waals surface area contributed by atoms with Crippen molar-refractivity contribution in [3.8, 4) is 0 Å². The molecule has 0 aliphatic rings. The van der Waals surface area contributed by atoms with Crippen LogP contribution in [0.2, 0.25) is 0 Å². The summed E-state index contributed by atoms with van der Waals surface area (Å²) >= 11 is 0. The van der Waals surface area contributed by atoms with Crippen LogP contribution >= 0.6 is 12.4 Å². The number of sulfone groups is 1. The number of fused-ring (bicyclic) bond motifs is 1. The first kappa shape index (κ1) is 21.1. The van der Waals surface area contributed by atoms with Gasteiger partial charge in [0.05, 0.1) is 4.90 Å². The molecule has 3 aromatic rings. The Morgan fingerprint density at radius 2 is 1.81 bits per heavy atom. The summed E-state index contributed by atoms with van der Waals surface area (Å²) in [5, 5.41) is 7.65. The summed E-state index contributed by atoms with van der Waals surface area (Å²) in [4.78, 5) is 6.83. The highest BCUT2D eigenvalue weighted by Crippen LogP contribution is 2.31. The van der Waals surface area contributed by atoms with Crippen molar-refractivity contribution in [2.45, 2.75) is 23.6 Å². The summed E-state index contributed by atoms with van der Waals surface area (Å²) in [5.41, 5.74) is 1.93. The Balaban J connectivity index is 0.00000261. The number of nitrogens with one attached hydrogen (secondary N) is 1. The normalized spacial score (nSPS) is 11.6. The van der Waals surface area contributed by atoms with Crippen LogP contribution in [0, 0.1) is 13.8 Å². The zero-order valence-electron chi connectivity index (χ0n) is 15.8. The van der Waals surface area contributed by atoms with Crippen molar-refractivity contribution in [1.82, 2.24) is 19.5 Å². The molecule has 0 saturated heterocycles. The molecule has 0 saturated carbocycles. The average Bonchev–Trinajstić information content (AvgIpc) is 2.94. The van der Waals surface area contributed by atoms with Gasteiger partial charge in [0.1, 0.15) is 0 Å². The second-order valence-corrected chi connectivity index (χ2v) is 8.39. The number of halogens is 1. The van der Waals surface area contributed by atoms with Crippen LogP contribution in [0.15, 0.2) is 46.2 Å². The molecule has 2 heterocycles. The van der Waals surface area contributed by atoms with Gasteiger partial charge < -0.3 is 10.2 Å². The van der Waals surface area contributed by atoms with Gasteiger partial charge in [-0.2, -0.15) is 0 Å². The molecule has 0 unspecified atom stereocenters. The Hall–Kier alpha value is -2.16. The van der Waals surface area contributed by atoms with Gasteiger partial charge in [0.15, 0.2) is 16.4 Å². The highest BCUT2D eigenvalue weighted by atomic mass is 35.5. The number of nitrogens with zero attached hydrogens (tertiary/aromatic N) is 4. The lowest BCUT2D eigenvalue weighted by Gasteiger charge is -2.11. The molecular formula is C18H24ClN5O2S. The van der Waals surface area contributed by atoms with Crippen LogP contribution in [-0.2, 0) is 9.84 Å². The van der Waals surface area contributed by atoms with Crippen LogP contribution in [0.1, 0.15) is 11.4 Å². The molecule has 1 N–H and O–H groups in total. The van der Waals surface area contributed by atoms with Crippen molar-refractivity contribution in [3.05, 3.63) is 47.8 Å². The second kappa shape index (κ2) is 8.24. The van der Waals surface area contributed by atoms with E-state index in [0.29, 0.717) is 18.0 Å². The third kappa shape index (κ3) is 4.23. The topological polar surface area (TPSA) is 79.6 Å². The van der Waals surface area contributed by atoms with E-state index in [-0.39, 0.29) is 22.2 Å². The number of aromatic nitrogens is 3. The molecule has 0 aliphatic heterocycles. The number of aryl methyl sites for hydroxylation is 2. The van der Waals surface area contributed by atoms with E-state index in [4.69, 9.17) is 0 Å². The van der Waals surface area contributed by atoms with Gasteiger partial charge in [-0.05, 0) is 46.1 Å². The van der Waals surface area contributed by atoms with Crippen molar-refractivity contribution < 1.29 is 8.42 Å². The Morgan fingerprint density at radius 3 is 2.44 bits per heavy atom. The van der Waals surface area contributed by atoms with Crippen molar-refractivity contribution >= 4 is 33.7 Å². The molecule has 9 heteroatoms. The van der Waals surface area contributed by atoms with Crippen molar-refractivity contribution in [2.24, 2.45) is 0 Å². The monoisotopic (exact) mass is 409 g/mol. The zero-order chi connectivity index (χ0) is 18.9. The fraction of sp³-hybridized carbons (Fsp3) is 0.333. The molecule has 2 aromatic heterocycles. The highest BCUT2D eigenvalue weighted by molar-refractivity contribution is 7.91. The van der Waals surface area contributed by atoms with Gasteiger partial charge in [0.2, 0.25) is 9.84 Å². The molecule has 0 amide bonds. The number of hydrogen-bond acceptors (Lipinski definition) is 6. The first-order valence-corrected chi connectivity index (χ1v) is 9.85. The molecule has 0 bridgehead atoms. The first-order chi connectivity index (χ1) is 12.3. The number of rotatable bonds is 6. The van der Waals surface area contributed by atoms with E-state index in [9.17, 15) is 8.42 Å². The molecule has 0 fully saturated rings. The van der Waals surface area contributed by atoms with Crippen molar-refractivity contribution in [3.63, 3.8) is 0 Å². The molecule has 0 spiro atoms. The van der Waals surface area contributed by atoms with E-state index < -0.39 is 9.84 Å². The standard InChI is InChI=1S/C18H23N5O2S.ClH/c1-13-12-14(2)23-18(20-13)16(17(21-23)19-10-11-22(3)4)26(24,25)15-8-6-5-7-9-15;/h5-9,12H,10-11H2,1-4H3,(H,19,21);1H. The SMILES string of the molecule is Cc1cc(C)n2nc(NCCN(C)C)c(S(=O)(=O)c3ccccc3)c2n1.Cl. The summed E-state index contributed by atoms with van der Waals surface area (Å²) in [6.07, 6.45) is 0. The molecule has 146 valence electrons. The van der Waals surface area contributed by atoms with E-state index in [1.165, 1.54) is 0 Å². The zero-order valence-corrected chi connectivity index (χ0v) is 17.4. The second-order valence-electron chi connectivity index (χ2n) is 6.50. The maximum Gasteiger partial charge on any atom is 0.214 e. The predicted octanol–water partition coefficient (Wildman–Crippen LogP) is 2.57. The quantitative estimate of drug-likeness (QED) is 0.674. The van der Waals surface area contributed by atoms with E-state index in [1.807, 2.05) is 38.9 Å². The van der Waals surface area contributed by atoms with E-state index >= 15 is 0 Å². The Bertz CT molecular complexity index is 1030. The molecule has 0 aliphatic carbocycles. The van der Waals surface area contributed by atoms with Gasteiger partial charge in [-0.3, -0.25) is 0 Å². The molecule has 3 rings (SSSR count). The summed E-state index contributed by atoms with van der Waals surface area (Å²) in [6.45, 7) is 5.06. The van der Waals surface area contributed by atoms with Crippen LogP contribution in [0.4, 0.5) is 5.82 Å². The molecule has 7 nitrogen and oxygen atoms in total. The maximum atomic E-state index is 13.3. The predicted molar refractivity (Wildman–Crippen MR) is 109 cm³/mol. The fourth-order valence-electron chi connectivity index (χ4n) is 2.78. The lowest BCUT2D eigenvalue weighted by molar-refractivity contribution is 0.425. The average molecular weight is 410 g/mol. The summed E-state index contributed by atoms with van der Waals surface area (Å²) in [6, 6.07) is 10.3. The van der Waals surface area contributed by atoms with Crippen LogP contribution in [0.3, 0.4) is 0 Å². The van der Waals surface area contributed by atoms with Crippen LogP contribution in [0.5, 0.6) is 0 Å². The van der Waals surface area contributed by atoms with Crippen LogP contribution < -0.4 is 5.32 Å². The highest BCUT2D eigenvalue weighted by Gasteiger charge is 2.29. The largest absolute Gasteiger partial charge is 0.366 e. The number of benzene rings is 1. The maximum absolute atomic E-state index is 13.3. The minimum atomic E-state index is -3.76. The summed E-state index contributed by atoms with van der Waals surface area (Å²) in [5.74, 6) is 0.330. The third-order valence-corrected chi connectivity index (χ3v) is 5.83. The van der Waals surface area contributed by atoms with Crippen LogP contribution in [-0.4, -0.2) is 55.1 Å². The Labute approximate surface area is 165 Å². The van der Waals surface area contributed by atoms with Gasteiger partial charge in [-0.1, -0.05) is 18.2 Å². The Morgan fingerprint density at radius 1 is 1.15 bits per heavy atom. The molecule has 27 heavy (non-hydrogen) atoms. The van der Waals surface area contributed by atoms with Gasteiger partial charge in [-0.25, -0.2) is 17.9 Å². The number of hydrogen-bond donors (Lipinski definition) is 1. The fourth-order valence-corrected chi connectivity index (χ4v) is 4.27. The molecule has 1 aromatic carbocycles. The van der Waals surface area contributed by atoms with Crippen molar-refractivity contribution in [2.75, 3.05) is 32.5 Å². The molecule has 0 atom stereocenters. The van der Waals surface area contributed by atoms with Gasteiger partial charge >= 0.3 is 0 Å². The van der Waals surface area contributed by atoms with E-state index in [0.717, 1.165) is 17.9 Å². The van der Waals surface area contributed by atoms with Gasteiger partial charge in [0.25, 0.3) is 0 Å². The minimum Gasteiger partial charge on any atom is -0.366 e. The molecular weight excluding hydrogens is 386 g/mol. The van der Waals surface area contributed by atoms with Crippen LogP contribution in [0.25, 0.3) is 5.65 Å². The van der Waals surface area contributed by atoms with Gasteiger partial charge in [-0.15, -0.1) is 17.5 Å². The minimum absolute atomic E-state index is 0. The summed E-state index contributed by atoms with van der Waals surface area (Å²) < 4.78 is 28.2. The smallest absolute Gasteiger partial charge is 0.214 e. The summed E-state index contributed by atoms with van der Waals surface area (Å²) in [7, 11) is 0.162. The van der Waals surface area contributed by atoms with E-state index in [2.05, 4.69) is 15.4 Å². The third-order valence-electron chi connectivity index (χ3n) is 4.03. The molecule has 0 radical (unpaired) electrons. The number of likely N-dealkylation sites (N-methyl/N-ethyl adjacent to an activating group) is 1. The Kier molecular flexibility index (Phi) is 6.46. The van der Waals surface area contributed by atoms with Crippen molar-refractivity contribution in [1.29, 1.82) is 0 Å². The van der Waals surface area contributed by atoms with Gasteiger partial charge in [0, 0.05) is 24.5 Å². The number of anilines is 1.